The molecule has 0 saturated carbocycles. The summed E-state index contributed by atoms with van der Waals surface area (Å²) in [6, 6.07) is 0.261. The van der Waals surface area contributed by atoms with Crippen LogP contribution in [-0.4, -0.2) is 11.3 Å². The molecule has 1 aromatic heterocycles. The lowest BCUT2D eigenvalue weighted by Gasteiger charge is -2.01. The maximum Gasteiger partial charge on any atom is 0.268 e. The van der Waals surface area contributed by atoms with E-state index in [9.17, 15) is 22.4 Å². The predicted octanol–water partition coefficient (Wildman–Crippen LogP) is 2.11. The molecule has 0 aliphatic rings. The van der Waals surface area contributed by atoms with Gasteiger partial charge in [0, 0.05) is 0 Å². The van der Waals surface area contributed by atoms with Gasteiger partial charge in [0.25, 0.3) is 6.43 Å². The lowest BCUT2D eigenvalue weighted by Crippen LogP contribution is -2.02. The summed E-state index contributed by atoms with van der Waals surface area (Å²) < 4.78 is 49.0. The van der Waals surface area contributed by atoms with Gasteiger partial charge >= 0.3 is 0 Å². The molecule has 1 rings (SSSR count). The average Bonchev–Trinajstić information content (AvgIpc) is 2.07. The van der Waals surface area contributed by atoms with Crippen LogP contribution in [0.2, 0.25) is 0 Å². The first-order valence-electron chi connectivity index (χ1n) is 3.15. The third-order valence-electron chi connectivity index (χ3n) is 1.33. The minimum atomic E-state index is -3.15. The number of nitrogens with zero attached hydrogens (tertiary/aromatic N) is 1. The van der Waals surface area contributed by atoms with Gasteiger partial charge in [-0.1, -0.05) is 0 Å². The van der Waals surface area contributed by atoms with Gasteiger partial charge in [0.05, 0.1) is 5.56 Å². The summed E-state index contributed by atoms with van der Waals surface area (Å²) >= 11 is 0. The first kappa shape index (κ1) is 9.63. The highest BCUT2D eigenvalue weighted by Gasteiger charge is 2.18. The van der Waals surface area contributed by atoms with Gasteiger partial charge in [-0.3, -0.25) is 4.79 Å². The second-order valence-electron chi connectivity index (χ2n) is 2.15. The third kappa shape index (κ3) is 1.82. The van der Waals surface area contributed by atoms with Crippen LogP contribution in [-0.2, 0) is 0 Å². The van der Waals surface area contributed by atoms with Crippen molar-refractivity contribution >= 4 is 6.29 Å². The Morgan fingerprint density at radius 1 is 1.38 bits per heavy atom. The molecule has 0 spiro atoms. The molecule has 1 aromatic rings. The van der Waals surface area contributed by atoms with Crippen LogP contribution in [0, 0.1) is 11.8 Å². The lowest BCUT2D eigenvalue weighted by molar-refractivity contribution is 0.111. The Hall–Kier alpha value is -1.46. The summed E-state index contributed by atoms with van der Waals surface area (Å²) in [5.74, 6) is -2.79. The zero-order chi connectivity index (χ0) is 10.0. The molecule has 0 aromatic carbocycles. The van der Waals surface area contributed by atoms with Crippen LogP contribution in [0.5, 0.6) is 0 Å². The Labute approximate surface area is 70.2 Å². The number of hydrogen-bond acceptors (Lipinski definition) is 2. The van der Waals surface area contributed by atoms with E-state index in [4.69, 9.17) is 0 Å². The van der Waals surface area contributed by atoms with Gasteiger partial charge < -0.3 is 0 Å². The molecule has 70 valence electrons. The number of rotatable bonds is 2. The van der Waals surface area contributed by atoms with E-state index in [2.05, 4.69) is 4.98 Å². The summed E-state index contributed by atoms with van der Waals surface area (Å²) in [4.78, 5) is 12.7. The number of halogens is 4. The summed E-state index contributed by atoms with van der Waals surface area (Å²) in [5.41, 5.74) is -1.97. The van der Waals surface area contributed by atoms with E-state index in [1.54, 1.807) is 0 Å². The van der Waals surface area contributed by atoms with Gasteiger partial charge in [-0.15, -0.1) is 0 Å². The molecule has 0 saturated heterocycles. The fraction of sp³-hybridized carbons (Fsp3) is 0.143. The first-order valence-corrected chi connectivity index (χ1v) is 3.15. The van der Waals surface area contributed by atoms with E-state index in [1.807, 2.05) is 0 Å². The summed E-state index contributed by atoms with van der Waals surface area (Å²) in [7, 11) is 0. The fourth-order valence-electron chi connectivity index (χ4n) is 0.729. The number of alkyl halides is 2. The van der Waals surface area contributed by atoms with Gasteiger partial charge in [0.2, 0.25) is 5.95 Å². The molecule has 0 fully saturated rings. The number of carbonyl (C=O) groups excluding carboxylic acids is 1. The highest BCUT2D eigenvalue weighted by molar-refractivity contribution is 5.72. The fourth-order valence-corrected chi connectivity index (χ4v) is 0.729. The second-order valence-corrected chi connectivity index (χ2v) is 2.15. The zero-order valence-corrected chi connectivity index (χ0v) is 6.10. The largest absolute Gasteiger partial charge is 0.296 e. The summed E-state index contributed by atoms with van der Waals surface area (Å²) in [6.45, 7) is 0. The maximum absolute atomic E-state index is 12.6. The van der Waals surface area contributed by atoms with Crippen LogP contribution in [0.15, 0.2) is 6.07 Å². The smallest absolute Gasteiger partial charge is 0.268 e. The molecule has 0 radical (unpaired) electrons. The van der Waals surface area contributed by atoms with Crippen molar-refractivity contribution in [3.63, 3.8) is 0 Å². The topological polar surface area (TPSA) is 30.0 Å². The molecule has 2 nitrogen and oxygen atoms in total. The monoisotopic (exact) mass is 193 g/mol. The molecule has 0 amide bonds. The minimum absolute atomic E-state index is 0.0480. The van der Waals surface area contributed by atoms with Crippen molar-refractivity contribution in [2.75, 3.05) is 0 Å². The third-order valence-corrected chi connectivity index (χ3v) is 1.33. The number of carbonyl (C=O) groups is 1. The highest BCUT2D eigenvalue weighted by atomic mass is 19.3. The highest BCUT2D eigenvalue weighted by Crippen LogP contribution is 2.22. The molecule has 6 heteroatoms. The molecule has 0 aliphatic carbocycles. The Bertz CT molecular complexity index is 340. The first-order chi connectivity index (χ1) is 6.06. The molecular formula is C7H3F4NO. The van der Waals surface area contributed by atoms with Crippen molar-refractivity contribution in [1.82, 2.24) is 4.98 Å². The van der Waals surface area contributed by atoms with Crippen molar-refractivity contribution in [3.05, 3.63) is 29.1 Å². The molecule has 13 heavy (non-hydrogen) atoms. The molecular weight excluding hydrogens is 190 g/mol. The number of aldehydes is 1. The van der Waals surface area contributed by atoms with Crippen LogP contribution >= 0.6 is 0 Å². The average molecular weight is 193 g/mol. The van der Waals surface area contributed by atoms with Gasteiger partial charge in [0.15, 0.2) is 12.1 Å². The lowest BCUT2D eigenvalue weighted by atomic mass is 10.2. The van der Waals surface area contributed by atoms with Crippen LogP contribution in [0.25, 0.3) is 0 Å². The minimum Gasteiger partial charge on any atom is -0.296 e. The number of pyridine rings is 1. The maximum atomic E-state index is 12.6. The van der Waals surface area contributed by atoms with Gasteiger partial charge in [0.1, 0.15) is 5.69 Å². The molecule has 0 unspecified atom stereocenters. The van der Waals surface area contributed by atoms with Gasteiger partial charge in [-0.25, -0.2) is 18.2 Å². The van der Waals surface area contributed by atoms with E-state index in [1.165, 1.54) is 0 Å². The molecule has 0 bridgehead atoms. The van der Waals surface area contributed by atoms with Gasteiger partial charge in [-0.05, 0) is 6.07 Å². The second kappa shape index (κ2) is 3.51. The van der Waals surface area contributed by atoms with Gasteiger partial charge in [-0.2, -0.15) is 4.39 Å². The van der Waals surface area contributed by atoms with E-state index >= 15 is 0 Å². The Morgan fingerprint density at radius 2 is 2.00 bits per heavy atom. The molecule has 0 N–H and O–H groups in total. The van der Waals surface area contributed by atoms with Crippen LogP contribution in [0.4, 0.5) is 17.6 Å². The van der Waals surface area contributed by atoms with Crippen molar-refractivity contribution in [3.8, 4) is 0 Å². The van der Waals surface area contributed by atoms with Crippen molar-refractivity contribution in [2.24, 2.45) is 0 Å². The van der Waals surface area contributed by atoms with E-state index < -0.39 is 29.4 Å². The quantitative estimate of drug-likeness (QED) is 0.409. The Morgan fingerprint density at radius 3 is 2.46 bits per heavy atom. The Kier molecular flexibility index (Phi) is 2.60. The summed E-state index contributed by atoms with van der Waals surface area (Å²) in [6.07, 6.45) is -3.20. The van der Waals surface area contributed by atoms with Crippen molar-refractivity contribution in [1.29, 1.82) is 0 Å². The van der Waals surface area contributed by atoms with E-state index in [0.29, 0.717) is 0 Å². The molecule has 1 heterocycles. The van der Waals surface area contributed by atoms with Crippen molar-refractivity contribution in [2.45, 2.75) is 6.43 Å². The number of hydrogen-bond donors (Lipinski definition) is 0. The van der Waals surface area contributed by atoms with Crippen LogP contribution < -0.4 is 0 Å². The number of aromatic nitrogens is 1. The SMILES string of the molecule is O=Cc1nc(F)c(C(F)F)cc1F. The summed E-state index contributed by atoms with van der Waals surface area (Å²) in [5, 5.41) is 0. The zero-order valence-electron chi connectivity index (χ0n) is 6.10. The standard InChI is InChI=1S/C7H3F4NO/c8-4-1-3(6(9)10)7(11)12-5(4)2-13/h1-2,6H. The van der Waals surface area contributed by atoms with E-state index in [0.717, 1.165) is 0 Å². The normalized spacial score (nSPS) is 10.5. The van der Waals surface area contributed by atoms with Crippen LogP contribution in [0.3, 0.4) is 0 Å². The Balaban J connectivity index is 3.28. The van der Waals surface area contributed by atoms with E-state index in [-0.39, 0.29) is 12.4 Å². The molecule has 0 atom stereocenters. The molecule has 0 aliphatic heterocycles. The van der Waals surface area contributed by atoms with Crippen LogP contribution in [0.1, 0.15) is 22.5 Å². The van der Waals surface area contributed by atoms with Crippen molar-refractivity contribution < 1.29 is 22.4 Å². The predicted molar refractivity (Wildman–Crippen MR) is 34.5 cm³/mol.